The summed E-state index contributed by atoms with van der Waals surface area (Å²) < 4.78 is 32.3. The molecule has 0 radical (unpaired) electrons. The van der Waals surface area contributed by atoms with Crippen molar-refractivity contribution in [1.82, 2.24) is 0 Å². The molecule has 2 rings (SSSR count). The Morgan fingerprint density at radius 1 is 1.22 bits per heavy atom. The molecule has 0 aromatic heterocycles. The Hall–Kier alpha value is -2.32. The van der Waals surface area contributed by atoms with Crippen LogP contribution in [0.2, 0.25) is 5.02 Å². The lowest BCUT2D eigenvalue weighted by Gasteiger charge is -2.12. The molecule has 2 aromatic rings. The van der Waals surface area contributed by atoms with Gasteiger partial charge in [-0.2, -0.15) is 0 Å². The van der Waals surface area contributed by atoms with E-state index in [0.29, 0.717) is 5.56 Å². The maximum Gasteiger partial charge on any atom is 0.293 e. The molecule has 0 atom stereocenters. The Morgan fingerprint density at radius 2 is 1.91 bits per heavy atom. The van der Waals surface area contributed by atoms with Crippen LogP contribution in [0.15, 0.2) is 41.3 Å². The van der Waals surface area contributed by atoms with E-state index in [9.17, 15) is 18.5 Å². The first kappa shape index (κ1) is 17.0. The van der Waals surface area contributed by atoms with Gasteiger partial charge in [0.15, 0.2) is 0 Å². The van der Waals surface area contributed by atoms with E-state index >= 15 is 0 Å². The fourth-order valence-corrected chi connectivity index (χ4v) is 3.45. The van der Waals surface area contributed by atoms with Crippen molar-refractivity contribution in [3.05, 3.63) is 57.1 Å². The molecule has 9 heteroatoms. The summed E-state index contributed by atoms with van der Waals surface area (Å²) in [5, 5.41) is 11.3. The number of nitro benzene ring substituents is 1. The number of benzene rings is 2. The van der Waals surface area contributed by atoms with Gasteiger partial charge in [-0.1, -0.05) is 17.7 Å². The van der Waals surface area contributed by atoms with Gasteiger partial charge in [0.1, 0.15) is 16.3 Å². The summed E-state index contributed by atoms with van der Waals surface area (Å²) in [5.41, 5.74) is 0.164. The van der Waals surface area contributed by atoms with Gasteiger partial charge in [0.2, 0.25) is 0 Å². The van der Waals surface area contributed by atoms with Gasteiger partial charge < -0.3 is 4.74 Å². The van der Waals surface area contributed by atoms with Crippen LogP contribution < -0.4 is 9.46 Å². The van der Waals surface area contributed by atoms with Crippen LogP contribution in [-0.2, 0) is 10.0 Å². The third-order valence-electron chi connectivity index (χ3n) is 3.01. The Morgan fingerprint density at radius 3 is 2.52 bits per heavy atom. The highest BCUT2D eigenvalue weighted by Crippen LogP contribution is 2.32. The number of nitrogens with one attached hydrogen (secondary N) is 1. The van der Waals surface area contributed by atoms with Crippen LogP contribution in [0.4, 0.5) is 11.4 Å². The van der Waals surface area contributed by atoms with Crippen molar-refractivity contribution >= 4 is 33.0 Å². The lowest BCUT2D eigenvalue weighted by molar-refractivity contribution is -0.383. The maximum atomic E-state index is 12.5. The summed E-state index contributed by atoms with van der Waals surface area (Å²) in [4.78, 5) is 10.2. The minimum Gasteiger partial charge on any atom is -0.495 e. The number of aryl methyl sites for hydroxylation is 1. The topological polar surface area (TPSA) is 98.5 Å². The summed E-state index contributed by atoms with van der Waals surface area (Å²) in [6, 6.07) is 8.28. The van der Waals surface area contributed by atoms with Gasteiger partial charge in [-0.05, 0) is 36.8 Å². The molecule has 0 bridgehead atoms. The first-order valence-electron chi connectivity index (χ1n) is 6.36. The van der Waals surface area contributed by atoms with Crippen molar-refractivity contribution in [2.24, 2.45) is 0 Å². The Kier molecular flexibility index (Phi) is 4.76. The van der Waals surface area contributed by atoms with Crippen molar-refractivity contribution in [2.75, 3.05) is 11.8 Å². The second-order valence-electron chi connectivity index (χ2n) is 4.68. The fraction of sp³-hybridized carbons (Fsp3) is 0.143. The lowest BCUT2D eigenvalue weighted by atomic mass is 10.2. The van der Waals surface area contributed by atoms with Crippen LogP contribution in [0.25, 0.3) is 0 Å². The van der Waals surface area contributed by atoms with Crippen molar-refractivity contribution in [3.8, 4) is 5.75 Å². The number of nitrogens with zero attached hydrogens (tertiary/aromatic N) is 1. The van der Waals surface area contributed by atoms with E-state index in [1.807, 2.05) is 0 Å². The third-order valence-corrected chi connectivity index (χ3v) is 4.63. The van der Waals surface area contributed by atoms with Crippen LogP contribution >= 0.6 is 11.6 Å². The van der Waals surface area contributed by atoms with Gasteiger partial charge in [0.25, 0.3) is 15.7 Å². The first-order valence-corrected chi connectivity index (χ1v) is 8.22. The highest BCUT2D eigenvalue weighted by molar-refractivity contribution is 7.92. The third kappa shape index (κ3) is 3.72. The summed E-state index contributed by atoms with van der Waals surface area (Å²) in [7, 11) is -2.80. The molecule has 0 unspecified atom stereocenters. The molecule has 0 saturated carbocycles. The Bertz CT molecular complexity index is 867. The van der Waals surface area contributed by atoms with Crippen molar-refractivity contribution in [3.63, 3.8) is 0 Å². The lowest BCUT2D eigenvalue weighted by Crippen LogP contribution is -2.15. The molecule has 2 aromatic carbocycles. The molecular weight excluding hydrogens is 344 g/mol. The molecule has 0 fully saturated rings. The predicted octanol–water partition coefficient (Wildman–Crippen LogP) is 3.37. The van der Waals surface area contributed by atoms with E-state index in [2.05, 4.69) is 4.72 Å². The zero-order valence-electron chi connectivity index (χ0n) is 12.2. The second-order valence-corrected chi connectivity index (χ2v) is 6.77. The van der Waals surface area contributed by atoms with Crippen LogP contribution in [0, 0.1) is 17.0 Å². The monoisotopic (exact) mass is 356 g/mol. The van der Waals surface area contributed by atoms with Crippen LogP contribution in [0.5, 0.6) is 5.75 Å². The molecule has 0 aliphatic carbocycles. The molecule has 0 aliphatic rings. The number of halogens is 1. The SMILES string of the molecule is COc1ccc(Cl)cc1S(=O)(=O)Nc1ccc(C)cc1[N+](=O)[O-]. The zero-order chi connectivity index (χ0) is 17.2. The molecule has 0 heterocycles. The number of sulfonamides is 1. The largest absolute Gasteiger partial charge is 0.495 e. The number of ether oxygens (including phenoxy) is 1. The number of rotatable bonds is 5. The molecule has 0 saturated heterocycles. The molecule has 122 valence electrons. The molecule has 0 aliphatic heterocycles. The van der Waals surface area contributed by atoms with Crippen LogP contribution in [-0.4, -0.2) is 20.5 Å². The number of anilines is 1. The Labute approximate surface area is 138 Å². The van der Waals surface area contributed by atoms with Gasteiger partial charge >= 0.3 is 0 Å². The number of methoxy groups -OCH3 is 1. The number of hydrogen-bond acceptors (Lipinski definition) is 5. The highest BCUT2D eigenvalue weighted by Gasteiger charge is 2.24. The van der Waals surface area contributed by atoms with E-state index in [4.69, 9.17) is 16.3 Å². The quantitative estimate of drug-likeness (QED) is 0.654. The van der Waals surface area contributed by atoms with E-state index in [-0.39, 0.29) is 27.0 Å². The van der Waals surface area contributed by atoms with Crippen LogP contribution in [0.3, 0.4) is 0 Å². The van der Waals surface area contributed by atoms with Crippen molar-refractivity contribution in [2.45, 2.75) is 11.8 Å². The average molecular weight is 357 g/mol. The zero-order valence-corrected chi connectivity index (χ0v) is 13.8. The van der Waals surface area contributed by atoms with Gasteiger partial charge in [0, 0.05) is 11.1 Å². The van der Waals surface area contributed by atoms with Gasteiger partial charge in [-0.25, -0.2) is 8.42 Å². The molecule has 23 heavy (non-hydrogen) atoms. The van der Waals surface area contributed by atoms with E-state index in [1.54, 1.807) is 13.0 Å². The van der Waals surface area contributed by atoms with E-state index in [1.165, 1.54) is 37.4 Å². The summed E-state index contributed by atoms with van der Waals surface area (Å²) >= 11 is 5.83. The normalized spacial score (nSPS) is 11.1. The number of hydrogen-bond donors (Lipinski definition) is 1. The van der Waals surface area contributed by atoms with Gasteiger partial charge in [-0.3, -0.25) is 14.8 Å². The standard InChI is InChI=1S/C14H13ClN2O5S/c1-9-3-5-11(12(7-9)17(18)19)16-23(20,21)14-8-10(15)4-6-13(14)22-2/h3-8,16H,1-2H3. The van der Waals surface area contributed by atoms with Gasteiger partial charge in [0.05, 0.1) is 12.0 Å². The van der Waals surface area contributed by atoms with E-state index in [0.717, 1.165) is 0 Å². The summed E-state index contributed by atoms with van der Waals surface area (Å²) in [5.74, 6) is 0.0802. The Balaban J connectivity index is 2.52. The van der Waals surface area contributed by atoms with Crippen molar-refractivity contribution < 1.29 is 18.1 Å². The predicted molar refractivity (Wildman–Crippen MR) is 86.6 cm³/mol. The summed E-state index contributed by atoms with van der Waals surface area (Å²) in [6.45, 7) is 1.67. The highest BCUT2D eigenvalue weighted by atomic mass is 35.5. The second kappa shape index (κ2) is 6.43. The minimum absolute atomic E-state index is 0.0802. The fourth-order valence-electron chi connectivity index (χ4n) is 1.94. The van der Waals surface area contributed by atoms with Gasteiger partial charge in [-0.15, -0.1) is 0 Å². The minimum atomic E-state index is -4.11. The van der Waals surface area contributed by atoms with E-state index < -0.39 is 14.9 Å². The molecule has 0 amide bonds. The van der Waals surface area contributed by atoms with Crippen LogP contribution in [0.1, 0.15) is 5.56 Å². The smallest absolute Gasteiger partial charge is 0.293 e. The maximum absolute atomic E-state index is 12.5. The molecule has 1 N–H and O–H groups in total. The number of nitro groups is 1. The van der Waals surface area contributed by atoms with Crippen molar-refractivity contribution in [1.29, 1.82) is 0 Å². The molecular formula is C14H13ClN2O5S. The summed E-state index contributed by atoms with van der Waals surface area (Å²) in [6.07, 6.45) is 0. The molecule has 7 nitrogen and oxygen atoms in total. The first-order chi connectivity index (χ1) is 10.7. The molecule has 0 spiro atoms. The average Bonchev–Trinajstić information content (AvgIpc) is 2.48.